The number of hydrogen-bond acceptors (Lipinski definition) is 0. The van der Waals surface area contributed by atoms with Gasteiger partial charge in [-0.25, -0.2) is 0 Å². The molecule has 0 aliphatic heterocycles. The molecule has 0 spiro atoms. The van der Waals surface area contributed by atoms with Gasteiger partial charge in [0.05, 0.1) is 0 Å². The van der Waals surface area contributed by atoms with Crippen LogP contribution in [0, 0.1) is 12.3 Å². The van der Waals surface area contributed by atoms with Crippen molar-refractivity contribution in [1.82, 2.24) is 0 Å². The molecule has 0 N–H and O–H groups in total. The van der Waals surface area contributed by atoms with Crippen molar-refractivity contribution < 1.29 is 0 Å². The average Bonchev–Trinajstić information content (AvgIpc) is 2.23. The molecule has 0 amide bonds. The van der Waals surface area contributed by atoms with Crippen molar-refractivity contribution in [3.05, 3.63) is 53.1 Å². The molecule has 0 nitrogen and oxygen atoms in total. The Morgan fingerprint density at radius 1 is 0.938 bits per heavy atom. The lowest BCUT2D eigenvalue weighted by atomic mass is 9.74. The highest BCUT2D eigenvalue weighted by Gasteiger charge is 2.24. The van der Waals surface area contributed by atoms with Gasteiger partial charge in [-0.2, -0.15) is 0 Å². The molecule has 0 radical (unpaired) electrons. The van der Waals surface area contributed by atoms with E-state index in [4.69, 9.17) is 0 Å². The van der Waals surface area contributed by atoms with Gasteiger partial charge in [-0.1, -0.05) is 61.4 Å². The summed E-state index contributed by atoms with van der Waals surface area (Å²) in [5.41, 5.74) is 5.92. The maximum atomic E-state index is 2.32. The van der Waals surface area contributed by atoms with E-state index in [1.165, 1.54) is 22.3 Å². The second kappa shape index (κ2) is 3.93. The highest BCUT2D eigenvalue weighted by Crippen LogP contribution is 2.40. The molecular weight excluding hydrogens is 192 g/mol. The Hall–Kier alpha value is -1.30. The van der Waals surface area contributed by atoms with Gasteiger partial charge in [0.15, 0.2) is 0 Å². The minimum atomic E-state index is 0.301. The summed E-state index contributed by atoms with van der Waals surface area (Å²) >= 11 is 0. The van der Waals surface area contributed by atoms with Gasteiger partial charge < -0.3 is 0 Å². The SMILES string of the molecule is CC1=CC=C(c2ccc(C)cc2)CC1(C)C. The second-order valence-corrected chi connectivity index (χ2v) is 5.47. The van der Waals surface area contributed by atoms with E-state index in [9.17, 15) is 0 Å². The predicted octanol–water partition coefficient (Wildman–Crippen LogP) is 4.75. The molecule has 0 aromatic heterocycles. The maximum Gasteiger partial charge on any atom is -0.0104 e. The van der Waals surface area contributed by atoms with Crippen LogP contribution < -0.4 is 0 Å². The maximum absolute atomic E-state index is 2.32. The molecule has 0 heteroatoms. The van der Waals surface area contributed by atoms with Crippen LogP contribution in [0.4, 0.5) is 0 Å². The molecule has 2 rings (SSSR count). The quantitative estimate of drug-likeness (QED) is 0.630. The van der Waals surface area contributed by atoms with Crippen LogP contribution in [0.2, 0.25) is 0 Å². The second-order valence-electron chi connectivity index (χ2n) is 5.47. The van der Waals surface area contributed by atoms with Gasteiger partial charge in [-0.15, -0.1) is 0 Å². The number of hydrogen-bond donors (Lipinski definition) is 0. The Balaban J connectivity index is 2.34. The fourth-order valence-corrected chi connectivity index (χ4v) is 2.09. The third-order valence-corrected chi connectivity index (χ3v) is 3.66. The van der Waals surface area contributed by atoms with Gasteiger partial charge in [0.25, 0.3) is 0 Å². The standard InChI is InChI=1S/C16H20/c1-12-5-8-14(9-6-12)15-10-7-13(2)16(3,4)11-15/h5-10H,11H2,1-4H3. The Morgan fingerprint density at radius 2 is 1.56 bits per heavy atom. The molecular formula is C16H20. The Bertz CT molecular complexity index is 441. The summed E-state index contributed by atoms with van der Waals surface area (Å²) < 4.78 is 0. The van der Waals surface area contributed by atoms with Crippen LogP contribution in [0.5, 0.6) is 0 Å². The first-order valence-corrected chi connectivity index (χ1v) is 5.94. The summed E-state index contributed by atoms with van der Waals surface area (Å²) in [6, 6.07) is 8.83. The van der Waals surface area contributed by atoms with Crippen molar-refractivity contribution in [3.8, 4) is 0 Å². The van der Waals surface area contributed by atoms with Gasteiger partial charge in [0, 0.05) is 0 Å². The molecule has 1 aliphatic carbocycles. The van der Waals surface area contributed by atoms with Crippen LogP contribution in [0.25, 0.3) is 5.57 Å². The topological polar surface area (TPSA) is 0 Å². The van der Waals surface area contributed by atoms with Gasteiger partial charge in [-0.05, 0) is 36.8 Å². The van der Waals surface area contributed by atoms with Crippen molar-refractivity contribution >= 4 is 5.57 Å². The smallest absolute Gasteiger partial charge is 0.0104 e. The van der Waals surface area contributed by atoms with Gasteiger partial charge >= 0.3 is 0 Å². The zero-order valence-corrected chi connectivity index (χ0v) is 10.7. The van der Waals surface area contributed by atoms with E-state index in [1.54, 1.807) is 0 Å². The number of rotatable bonds is 1. The molecule has 0 saturated carbocycles. The lowest BCUT2D eigenvalue weighted by molar-refractivity contribution is 0.456. The van der Waals surface area contributed by atoms with E-state index in [-0.39, 0.29) is 0 Å². The van der Waals surface area contributed by atoms with Gasteiger partial charge in [0.1, 0.15) is 0 Å². The van der Waals surface area contributed by atoms with E-state index in [0.717, 1.165) is 6.42 Å². The summed E-state index contributed by atoms with van der Waals surface area (Å²) in [6.07, 6.45) is 5.67. The molecule has 0 saturated heterocycles. The van der Waals surface area contributed by atoms with Crippen LogP contribution in [-0.2, 0) is 0 Å². The van der Waals surface area contributed by atoms with Crippen molar-refractivity contribution in [2.45, 2.75) is 34.1 Å². The summed E-state index contributed by atoms with van der Waals surface area (Å²) in [5.74, 6) is 0. The first-order chi connectivity index (χ1) is 7.49. The minimum Gasteiger partial charge on any atom is -0.0673 e. The van der Waals surface area contributed by atoms with E-state index in [2.05, 4.69) is 64.1 Å². The first-order valence-electron chi connectivity index (χ1n) is 5.94. The van der Waals surface area contributed by atoms with Crippen molar-refractivity contribution in [2.24, 2.45) is 5.41 Å². The van der Waals surface area contributed by atoms with E-state index >= 15 is 0 Å². The largest absolute Gasteiger partial charge is 0.0673 e. The lowest BCUT2D eigenvalue weighted by Gasteiger charge is -2.30. The fraction of sp³-hybridized carbons (Fsp3) is 0.375. The lowest BCUT2D eigenvalue weighted by Crippen LogP contribution is -2.16. The molecule has 16 heavy (non-hydrogen) atoms. The molecule has 1 aliphatic rings. The third-order valence-electron chi connectivity index (χ3n) is 3.66. The number of aryl methyl sites for hydroxylation is 1. The molecule has 1 aromatic rings. The highest BCUT2D eigenvalue weighted by molar-refractivity contribution is 5.69. The van der Waals surface area contributed by atoms with Crippen molar-refractivity contribution in [1.29, 1.82) is 0 Å². The Morgan fingerprint density at radius 3 is 2.12 bits per heavy atom. The van der Waals surface area contributed by atoms with E-state index in [1.807, 2.05) is 0 Å². The average molecular weight is 212 g/mol. The predicted molar refractivity (Wildman–Crippen MR) is 71.3 cm³/mol. The van der Waals surface area contributed by atoms with Crippen LogP contribution >= 0.6 is 0 Å². The molecule has 0 bridgehead atoms. The van der Waals surface area contributed by atoms with Gasteiger partial charge in [0.2, 0.25) is 0 Å². The van der Waals surface area contributed by atoms with Crippen molar-refractivity contribution in [3.63, 3.8) is 0 Å². The monoisotopic (exact) mass is 212 g/mol. The normalized spacial score (nSPS) is 19.0. The van der Waals surface area contributed by atoms with Crippen LogP contribution in [0.1, 0.15) is 38.3 Å². The van der Waals surface area contributed by atoms with Crippen LogP contribution in [-0.4, -0.2) is 0 Å². The van der Waals surface area contributed by atoms with E-state index < -0.39 is 0 Å². The van der Waals surface area contributed by atoms with Gasteiger partial charge in [-0.3, -0.25) is 0 Å². The molecule has 84 valence electrons. The minimum absolute atomic E-state index is 0.301. The van der Waals surface area contributed by atoms with Crippen LogP contribution in [0.3, 0.4) is 0 Å². The van der Waals surface area contributed by atoms with Crippen LogP contribution in [0.15, 0.2) is 42.0 Å². The molecule has 0 heterocycles. The number of benzene rings is 1. The summed E-state index contributed by atoms with van der Waals surface area (Å²) in [7, 11) is 0. The zero-order chi connectivity index (χ0) is 11.8. The first kappa shape index (κ1) is 11.2. The third kappa shape index (κ3) is 2.11. The fourth-order valence-electron chi connectivity index (χ4n) is 2.09. The highest BCUT2D eigenvalue weighted by atomic mass is 14.3. The number of allylic oxidation sites excluding steroid dienone is 4. The zero-order valence-electron chi connectivity index (χ0n) is 10.7. The Kier molecular flexibility index (Phi) is 2.75. The molecule has 0 unspecified atom stereocenters. The summed E-state index contributed by atoms with van der Waals surface area (Å²) in [6.45, 7) is 9.00. The Labute approximate surface area is 98.7 Å². The summed E-state index contributed by atoms with van der Waals surface area (Å²) in [5, 5.41) is 0. The molecule has 0 fully saturated rings. The molecule has 1 aromatic carbocycles. The molecule has 0 atom stereocenters. The van der Waals surface area contributed by atoms with E-state index in [0.29, 0.717) is 5.41 Å². The summed E-state index contributed by atoms with van der Waals surface area (Å²) in [4.78, 5) is 0. The van der Waals surface area contributed by atoms with Crippen molar-refractivity contribution in [2.75, 3.05) is 0 Å².